The Bertz CT molecular complexity index is 321. The normalized spacial score (nSPS) is 21.2. The zero-order chi connectivity index (χ0) is 13.1. The van der Waals surface area contributed by atoms with Gasteiger partial charge in [0.25, 0.3) is 0 Å². The van der Waals surface area contributed by atoms with Gasteiger partial charge in [-0.3, -0.25) is 9.59 Å². The summed E-state index contributed by atoms with van der Waals surface area (Å²) in [7, 11) is 0. The minimum atomic E-state index is -0.813. The van der Waals surface area contributed by atoms with E-state index in [1.54, 1.807) is 6.92 Å². The van der Waals surface area contributed by atoms with E-state index in [0.29, 0.717) is 19.0 Å². The molecule has 0 aliphatic heterocycles. The van der Waals surface area contributed by atoms with Gasteiger partial charge in [0.2, 0.25) is 5.91 Å². The van der Waals surface area contributed by atoms with Crippen molar-refractivity contribution in [3.8, 4) is 0 Å². The maximum Gasteiger partial charge on any atom is 0.308 e. The summed E-state index contributed by atoms with van der Waals surface area (Å²) in [6.45, 7) is 2.06. The molecule has 1 unspecified atom stereocenters. The molecule has 1 N–H and O–H groups in total. The summed E-state index contributed by atoms with van der Waals surface area (Å²) in [5.74, 6) is -0.366. The Morgan fingerprint density at radius 1 is 1.28 bits per heavy atom. The Kier molecular flexibility index (Phi) is 4.25. The molecule has 1 atom stereocenters. The lowest BCUT2D eigenvalue weighted by atomic mass is 9.82. The molecule has 0 aromatic heterocycles. The third-order valence-electron chi connectivity index (χ3n) is 4.19. The van der Waals surface area contributed by atoms with Crippen LogP contribution in [0.3, 0.4) is 0 Å². The number of carboxylic acids is 1. The van der Waals surface area contributed by atoms with E-state index in [2.05, 4.69) is 0 Å². The van der Waals surface area contributed by atoms with Crippen LogP contribution in [0.2, 0.25) is 0 Å². The number of amides is 1. The number of carbonyl (C=O) groups is 2. The van der Waals surface area contributed by atoms with Crippen LogP contribution in [0.1, 0.15) is 51.9 Å². The molecule has 4 nitrogen and oxygen atoms in total. The van der Waals surface area contributed by atoms with Crippen LogP contribution in [0, 0.1) is 11.8 Å². The molecule has 2 aliphatic carbocycles. The maximum absolute atomic E-state index is 12.2. The first kappa shape index (κ1) is 13.4. The van der Waals surface area contributed by atoms with E-state index in [4.69, 9.17) is 5.11 Å². The quantitative estimate of drug-likeness (QED) is 0.757. The predicted octanol–water partition coefficient (Wildman–Crippen LogP) is 2.28. The summed E-state index contributed by atoms with van der Waals surface area (Å²) in [6.07, 6.45) is 7.52. The smallest absolute Gasteiger partial charge is 0.308 e. The molecule has 0 aromatic carbocycles. The van der Waals surface area contributed by atoms with Crippen LogP contribution in [-0.4, -0.2) is 34.5 Å². The second-order valence-corrected chi connectivity index (χ2v) is 5.85. The Labute approximate surface area is 108 Å². The van der Waals surface area contributed by atoms with Crippen molar-refractivity contribution in [3.63, 3.8) is 0 Å². The second kappa shape index (κ2) is 5.72. The number of rotatable bonds is 7. The predicted molar refractivity (Wildman–Crippen MR) is 68.1 cm³/mol. The van der Waals surface area contributed by atoms with Crippen LogP contribution in [-0.2, 0) is 9.59 Å². The molecule has 2 rings (SSSR count). The standard InChI is InChI=1S/C14H23NO3/c1-10(14(17)18)9-15(12-6-7-12)13(16)8-5-11-3-2-4-11/h10-12H,2-9H2,1H3,(H,17,18). The van der Waals surface area contributed by atoms with Gasteiger partial charge in [0.1, 0.15) is 0 Å². The molecule has 0 spiro atoms. The van der Waals surface area contributed by atoms with E-state index in [1.165, 1.54) is 19.3 Å². The first-order valence-corrected chi connectivity index (χ1v) is 7.10. The van der Waals surface area contributed by atoms with Crippen LogP contribution in [0.15, 0.2) is 0 Å². The van der Waals surface area contributed by atoms with Crippen molar-refractivity contribution in [1.29, 1.82) is 0 Å². The zero-order valence-corrected chi connectivity index (χ0v) is 11.1. The molecule has 0 radical (unpaired) electrons. The van der Waals surface area contributed by atoms with Gasteiger partial charge in [0.15, 0.2) is 0 Å². The number of nitrogens with zero attached hydrogens (tertiary/aromatic N) is 1. The van der Waals surface area contributed by atoms with Crippen LogP contribution in [0.4, 0.5) is 0 Å². The third-order valence-corrected chi connectivity index (χ3v) is 4.19. The summed E-state index contributed by atoms with van der Waals surface area (Å²) in [5.41, 5.74) is 0. The largest absolute Gasteiger partial charge is 0.481 e. The van der Waals surface area contributed by atoms with Crippen LogP contribution in [0.25, 0.3) is 0 Å². The lowest BCUT2D eigenvalue weighted by Crippen LogP contribution is -2.38. The van der Waals surface area contributed by atoms with Crippen molar-refractivity contribution in [1.82, 2.24) is 4.90 Å². The van der Waals surface area contributed by atoms with E-state index in [9.17, 15) is 9.59 Å². The first-order chi connectivity index (χ1) is 8.58. The summed E-state index contributed by atoms with van der Waals surface area (Å²) in [4.78, 5) is 24.9. The molecule has 0 bridgehead atoms. The summed E-state index contributed by atoms with van der Waals surface area (Å²) in [5, 5.41) is 8.94. The van der Waals surface area contributed by atoms with E-state index in [0.717, 1.165) is 25.2 Å². The highest BCUT2D eigenvalue weighted by molar-refractivity contribution is 5.78. The van der Waals surface area contributed by atoms with Crippen LogP contribution >= 0.6 is 0 Å². The fourth-order valence-electron chi connectivity index (χ4n) is 2.47. The average molecular weight is 253 g/mol. The van der Waals surface area contributed by atoms with Crippen LogP contribution in [0.5, 0.6) is 0 Å². The minimum Gasteiger partial charge on any atom is -0.481 e. The zero-order valence-electron chi connectivity index (χ0n) is 11.1. The van der Waals surface area contributed by atoms with Crippen molar-refractivity contribution >= 4 is 11.9 Å². The lowest BCUT2D eigenvalue weighted by molar-refractivity contribution is -0.143. The summed E-state index contributed by atoms with van der Waals surface area (Å²) < 4.78 is 0. The number of carbonyl (C=O) groups excluding carboxylic acids is 1. The van der Waals surface area contributed by atoms with Gasteiger partial charge in [-0.25, -0.2) is 0 Å². The third kappa shape index (κ3) is 3.47. The highest BCUT2D eigenvalue weighted by Crippen LogP contribution is 2.32. The Morgan fingerprint density at radius 2 is 1.94 bits per heavy atom. The minimum absolute atomic E-state index is 0.164. The molecule has 0 aromatic rings. The monoisotopic (exact) mass is 253 g/mol. The van der Waals surface area contributed by atoms with E-state index >= 15 is 0 Å². The number of hydrogen-bond acceptors (Lipinski definition) is 2. The average Bonchev–Trinajstić information content (AvgIpc) is 3.06. The molecule has 102 valence electrons. The fraction of sp³-hybridized carbons (Fsp3) is 0.857. The van der Waals surface area contributed by atoms with Crippen molar-refractivity contribution in [2.24, 2.45) is 11.8 Å². The summed E-state index contributed by atoms with van der Waals surface area (Å²) in [6, 6.07) is 0.320. The molecule has 2 aliphatic rings. The van der Waals surface area contributed by atoms with Crippen LogP contribution < -0.4 is 0 Å². The van der Waals surface area contributed by atoms with Crippen molar-refractivity contribution in [2.75, 3.05) is 6.54 Å². The molecule has 2 saturated carbocycles. The number of aliphatic carboxylic acids is 1. The molecule has 0 saturated heterocycles. The Morgan fingerprint density at radius 3 is 2.39 bits per heavy atom. The van der Waals surface area contributed by atoms with Gasteiger partial charge in [0, 0.05) is 19.0 Å². The van der Waals surface area contributed by atoms with Gasteiger partial charge in [-0.05, 0) is 25.2 Å². The molecule has 1 amide bonds. The van der Waals surface area contributed by atoms with Crippen molar-refractivity contribution in [3.05, 3.63) is 0 Å². The van der Waals surface area contributed by atoms with Gasteiger partial charge in [-0.15, -0.1) is 0 Å². The highest BCUT2D eigenvalue weighted by Gasteiger charge is 2.34. The SMILES string of the molecule is CC(CN(C(=O)CCC1CCC1)C1CC1)C(=O)O. The molecule has 18 heavy (non-hydrogen) atoms. The number of hydrogen-bond donors (Lipinski definition) is 1. The van der Waals surface area contributed by atoms with E-state index in [-0.39, 0.29) is 5.91 Å². The Hall–Kier alpha value is -1.06. The number of carboxylic acid groups (broad SMARTS) is 1. The van der Waals surface area contributed by atoms with Gasteiger partial charge >= 0.3 is 5.97 Å². The van der Waals surface area contributed by atoms with Gasteiger partial charge in [-0.2, -0.15) is 0 Å². The molecular formula is C14H23NO3. The van der Waals surface area contributed by atoms with Crippen molar-refractivity contribution < 1.29 is 14.7 Å². The fourth-order valence-corrected chi connectivity index (χ4v) is 2.47. The topological polar surface area (TPSA) is 57.6 Å². The van der Waals surface area contributed by atoms with Gasteiger partial charge < -0.3 is 10.0 Å². The summed E-state index contributed by atoms with van der Waals surface area (Å²) >= 11 is 0. The second-order valence-electron chi connectivity index (χ2n) is 5.85. The van der Waals surface area contributed by atoms with E-state index < -0.39 is 11.9 Å². The van der Waals surface area contributed by atoms with Gasteiger partial charge in [-0.1, -0.05) is 26.2 Å². The molecule has 4 heteroatoms. The molecular weight excluding hydrogens is 230 g/mol. The molecule has 2 fully saturated rings. The maximum atomic E-state index is 12.2. The van der Waals surface area contributed by atoms with E-state index in [1.807, 2.05) is 4.90 Å². The highest BCUT2D eigenvalue weighted by atomic mass is 16.4. The van der Waals surface area contributed by atoms with Gasteiger partial charge in [0.05, 0.1) is 5.92 Å². The van der Waals surface area contributed by atoms with Crippen molar-refractivity contribution in [2.45, 2.75) is 57.9 Å². The lowest BCUT2D eigenvalue weighted by Gasteiger charge is -2.28. The molecule has 0 heterocycles. The first-order valence-electron chi connectivity index (χ1n) is 7.10. The Balaban J connectivity index is 1.80.